The molecule has 4 rings (SSSR count). The first-order valence-corrected chi connectivity index (χ1v) is 8.87. The number of oxazole rings is 1. The van der Waals surface area contributed by atoms with Crippen molar-refractivity contribution in [1.29, 1.82) is 0 Å². The Morgan fingerprint density at radius 3 is 2.93 bits per heavy atom. The molecule has 1 aliphatic heterocycles. The molecular weight excluding hydrogens is 344 g/mol. The Balaban J connectivity index is 1.40. The summed E-state index contributed by atoms with van der Waals surface area (Å²) in [7, 11) is 0. The Kier molecular flexibility index (Phi) is 4.84. The van der Waals surface area contributed by atoms with E-state index in [0.717, 1.165) is 43.1 Å². The third-order valence-corrected chi connectivity index (χ3v) is 4.53. The number of anilines is 1. The predicted molar refractivity (Wildman–Crippen MR) is 99.5 cm³/mol. The molecule has 1 aliphatic rings. The van der Waals surface area contributed by atoms with Crippen molar-refractivity contribution in [3.8, 4) is 5.75 Å². The Bertz CT molecular complexity index is 914. The molecule has 0 bridgehead atoms. The van der Waals surface area contributed by atoms with Crippen LogP contribution >= 0.6 is 0 Å². The highest BCUT2D eigenvalue weighted by molar-refractivity contribution is 6.00. The largest absolute Gasteiger partial charge is 0.508 e. The van der Waals surface area contributed by atoms with Crippen molar-refractivity contribution < 1.29 is 14.3 Å². The topological polar surface area (TPSA) is 91.5 Å². The average molecular weight is 364 g/mol. The molecule has 0 spiro atoms. The quantitative estimate of drug-likeness (QED) is 0.739. The average Bonchev–Trinajstić information content (AvgIpc) is 2.99. The van der Waals surface area contributed by atoms with Crippen molar-refractivity contribution in [1.82, 2.24) is 14.9 Å². The molecule has 1 amide bonds. The summed E-state index contributed by atoms with van der Waals surface area (Å²) in [4.78, 5) is 23.0. The molecule has 0 saturated carbocycles. The minimum absolute atomic E-state index is 0.0882. The van der Waals surface area contributed by atoms with Crippen LogP contribution in [-0.2, 0) is 19.4 Å². The number of hydrogen-bond donors (Lipinski definition) is 2. The highest BCUT2D eigenvalue weighted by Crippen LogP contribution is 2.20. The summed E-state index contributed by atoms with van der Waals surface area (Å²) in [5.41, 5.74) is 2.51. The summed E-state index contributed by atoms with van der Waals surface area (Å²) in [6.45, 7) is 2.38. The zero-order valence-electron chi connectivity index (χ0n) is 14.8. The Labute approximate surface area is 156 Å². The van der Waals surface area contributed by atoms with E-state index in [1.165, 1.54) is 0 Å². The fourth-order valence-electron chi connectivity index (χ4n) is 3.20. The summed E-state index contributed by atoms with van der Waals surface area (Å²) in [6.07, 6.45) is 4.63. The van der Waals surface area contributed by atoms with E-state index in [2.05, 4.69) is 20.2 Å². The zero-order valence-corrected chi connectivity index (χ0v) is 14.8. The van der Waals surface area contributed by atoms with Gasteiger partial charge in [0.15, 0.2) is 0 Å². The van der Waals surface area contributed by atoms with Gasteiger partial charge in [0.1, 0.15) is 11.5 Å². The van der Waals surface area contributed by atoms with E-state index in [1.807, 2.05) is 12.1 Å². The van der Waals surface area contributed by atoms with Gasteiger partial charge in [0.05, 0.1) is 17.6 Å². The summed E-state index contributed by atoms with van der Waals surface area (Å²) in [5, 5.41) is 12.3. The van der Waals surface area contributed by atoms with Crippen LogP contribution in [0.1, 0.15) is 27.7 Å². The fraction of sp³-hybridized carbons (Fsp3) is 0.250. The van der Waals surface area contributed by atoms with Crippen LogP contribution in [0.3, 0.4) is 0 Å². The van der Waals surface area contributed by atoms with Gasteiger partial charge in [0.25, 0.3) is 5.89 Å². The van der Waals surface area contributed by atoms with Crippen LogP contribution in [0, 0.1) is 0 Å². The number of amides is 1. The highest BCUT2D eigenvalue weighted by atomic mass is 16.4. The molecule has 3 heterocycles. The van der Waals surface area contributed by atoms with E-state index in [4.69, 9.17) is 4.42 Å². The van der Waals surface area contributed by atoms with Gasteiger partial charge in [-0.3, -0.25) is 14.7 Å². The molecule has 7 nitrogen and oxygen atoms in total. The van der Waals surface area contributed by atoms with Crippen LogP contribution < -0.4 is 5.32 Å². The van der Waals surface area contributed by atoms with Gasteiger partial charge in [0, 0.05) is 38.7 Å². The van der Waals surface area contributed by atoms with Crippen LogP contribution in [0.4, 0.5) is 5.69 Å². The standard InChI is InChI=1S/C20H20N4O3/c25-16-5-1-3-14(11-16)13-24-9-6-17-18(7-10-24)27-20(23-17)19(26)22-15-4-2-8-21-12-15/h1-5,8,11-12,25H,6-7,9-10,13H2,(H,22,26). The van der Waals surface area contributed by atoms with Crippen molar-refractivity contribution in [2.45, 2.75) is 19.4 Å². The SMILES string of the molecule is O=C(Nc1cccnc1)c1nc2c(o1)CCN(Cc1cccc(O)c1)CC2. The fourth-order valence-corrected chi connectivity index (χ4v) is 3.20. The normalized spacial score (nSPS) is 14.4. The zero-order chi connectivity index (χ0) is 18.6. The summed E-state index contributed by atoms with van der Waals surface area (Å²) >= 11 is 0. The van der Waals surface area contributed by atoms with Crippen LogP contribution in [-0.4, -0.2) is 39.0 Å². The third kappa shape index (κ3) is 4.15. The number of carbonyl (C=O) groups excluding carboxylic acids is 1. The second-order valence-corrected chi connectivity index (χ2v) is 6.53. The van der Waals surface area contributed by atoms with Gasteiger partial charge in [-0.05, 0) is 29.8 Å². The van der Waals surface area contributed by atoms with Gasteiger partial charge in [-0.1, -0.05) is 12.1 Å². The number of phenolic OH excluding ortho intramolecular Hbond substituents is 1. The molecule has 2 aromatic heterocycles. The van der Waals surface area contributed by atoms with Gasteiger partial charge in [-0.2, -0.15) is 0 Å². The molecule has 1 aromatic carbocycles. The minimum Gasteiger partial charge on any atom is -0.508 e. The lowest BCUT2D eigenvalue weighted by Crippen LogP contribution is -2.26. The van der Waals surface area contributed by atoms with Crippen LogP contribution in [0.25, 0.3) is 0 Å². The molecule has 27 heavy (non-hydrogen) atoms. The molecule has 3 aromatic rings. The van der Waals surface area contributed by atoms with Crippen molar-refractivity contribution in [2.75, 3.05) is 18.4 Å². The number of phenols is 1. The van der Waals surface area contributed by atoms with E-state index >= 15 is 0 Å². The van der Waals surface area contributed by atoms with E-state index in [0.29, 0.717) is 12.1 Å². The number of aromatic nitrogens is 2. The molecule has 0 fully saturated rings. The molecule has 0 unspecified atom stereocenters. The first-order valence-electron chi connectivity index (χ1n) is 8.87. The summed E-state index contributed by atoms with van der Waals surface area (Å²) < 4.78 is 5.73. The lowest BCUT2D eigenvalue weighted by molar-refractivity contribution is 0.0988. The maximum atomic E-state index is 12.3. The van der Waals surface area contributed by atoms with Crippen LogP contribution in [0.15, 0.2) is 53.2 Å². The smallest absolute Gasteiger partial charge is 0.311 e. The Morgan fingerprint density at radius 2 is 2.11 bits per heavy atom. The number of nitrogens with one attached hydrogen (secondary N) is 1. The lowest BCUT2D eigenvalue weighted by atomic mass is 10.2. The second kappa shape index (κ2) is 7.59. The Hall–Kier alpha value is -3.19. The monoisotopic (exact) mass is 364 g/mol. The molecule has 138 valence electrons. The minimum atomic E-state index is -0.368. The summed E-state index contributed by atoms with van der Waals surface area (Å²) in [6, 6.07) is 10.8. The first kappa shape index (κ1) is 17.2. The second-order valence-electron chi connectivity index (χ2n) is 6.53. The number of hydrogen-bond acceptors (Lipinski definition) is 6. The molecular formula is C20H20N4O3. The molecule has 0 aliphatic carbocycles. The number of pyridine rings is 1. The van der Waals surface area contributed by atoms with E-state index in [-0.39, 0.29) is 17.5 Å². The van der Waals surface area contributed by atoms with Gasteiger partial charge in [-0.15, -0.1) is 0 Å². The third-order valence-electron chi connectivity index (χ3n) is 4.53. The molecule has 7 heteroatoms. The molecule has 0 atom stereocenters. The van der Waals surface area contributed by atoms with Gasteiger partial charge < -0.3 is 14.8 Å². The van der Waals surface area contributed by atoms with E-state index in [1.54, 1.807) is 36.7 Å². The lowest BCUT2D eigenvalue weighted by Gasteiger charge is -2.19. The number of carbonyl (C=O) groups is 1. The summed E-state index contributed by atoms with van der Waals surface area (Å²) in [5.74, 6) is 0.767. The van der Waals surface area contributed by atoms with Crippen molar-refractivity contribution in [3.63, 3.8) is 0 Å². The number of nitrogens with zero attached hydrogens (tertiary/aromatic N) is 3. The predicted octanol–water partition coefficient (Wildman–Crippen LogP) is 2.63. The van der Waals surface area contributed by atoms with Gasteiger partial charge in [-0.25, -0.2) is 4.98 Å². The number of rotatable bonds is 4. The number of aromatic hydroxyl groups is 1. The maximum absolute atomic E-state index is 12.3. The van der Waals surface area contributed by atoms with Crippen molar-refractivity contribution in [2.24, 2.45) is 0 Å². The molecule has 0 radical (unpaired) electrons. The molecule has 2 N–H and O–H groups in total. The maximum Gasteiger partial charge on any atom is 0.311 e. The Morgan fingerprint density at radius 1 is 1.22 bits per heavy atom. The van der Waals surface area contributed by atoms with E-state index in [9.17, 15) is 9.90 Å². The van der Waals surface area contributed by atoms with Gasteiger partial charge >= 0.3 is 5.91 Å². The van der Waals surface area contributed by atoms with Crippen LogP contribution in [0.2, 0.25) is 0 Å². The van der Waals surface area contributed by atoms with E-state index < -0.39 is 0 Å². The van der Waals surface area contributed by atoms with Gasteiger partial charge in [0.2, 0.25) is 0 Å². The van der Waals surface area contributed by atoms with Crippen LogP contribution in [0.5, 0.6) is 5.75 Å². The van der Waals surface area contributed by atoms with Crippen molar-refractivity contribution in [3.05, 3.63) is 71.7 Å². The molecule has 0 saturated heterocycles. The van der Waals surface area contributed by atoms with Crippen molar-refractivity contribution >= 4 is 11.6 Å². The number of benzene rings is 1. The highest BCUT2D eigenvalue weighted by Gasteiger charge is 2.23. The first-order chi connectivity index (χ1) is 13.2. The number of fused-ring (bicyclic) bond motifs is 1.